The first-order valence-corrected chi connectivity index (χ1v) is 11.4. The minimum atomic E-state index is -0.537. The Morgan fingerprint density at radius 2 is 1.97 bits per heavy atom. The summed E-state index contributed by atoms with van der Waals surface area (Å²) in [6.45, 7) is 4.58. The summed E-state index contributed by atoms with van der Waals surface area (Å²) in [7, 11) is 0. The van der Waals surface area contributed by atoms with Gasteiger partial charge in [0.05, 0.1) is 23.9 Å². The number of rotatable bonds is 8. The monoisotopic (exact) mass is 461 g/mol. The highest BCUT2D eigenvalue weighted by Crippen LogP contribution is 2.42. The number of hydrogen-bond acceptors (Lipinski definition) is 7. The van der Waals surface area contributed by atoms with Gasteiger partial charge in [0, 0.05) is 43.3 Å². The molecule has 2 N–H and O–H groups in total. The van der Waals surface area contributed by atoms with E-state index in [2.05, 4.69) is 32.0 Å². The van der Waals surface area contributed by atoms with Gasteiger partial charge in [-0.1, -0.05) is 30.7 Å². The molecule has 1 aromatic heterocycles. The van der Waals surface area contributed by atoms with Crippen LogP contribution in [0.5, 0.6) is 0 Å². The minimum absolute atomic E-state index is 0.178. The standard InChI is InChI=1S/C23H29ClFN5O2/c1-15-12-19(32)21-20(15)23(28-14-27-21)30-10-8-29(9-11-30)22(26-7-6-25)18(13-31)16-2-4-17(24)5-3-16/h2-5,13-15,18-19,22,26,32H,6-12H2,1H3/t15-,18?,19-,22?/m1/s1. The Bertz CT molecular complexity index is 923. The number of benzene rings is 1. The summed E-state index contributed by atoms with van der Waals surface area (Å²) in [4.78, 5) is 25.3. The third-order valence-electron chi connectivity index (χ3n) is 6.48. The molecule has 2 heterocycles. The zero-order valence-corrected chi connectivity index (χ0v) is 18.9. The van der Waals surface area contributed by atoms with Crippen LogP contribution in [-0.2, 0) is 4.79 Å². The minimum Gasteiger partial charge on any atom is -0.387 e. The molecule has 9 heteroatoms. The summed E-state index contributed by atoms with van der Waals surface area (Å²) in [6, 6.07) is 7.23. The number of carbonyl (C=O) groups excluding carboxylic acids is 1. The van der Waals surface area contributed by atoms with Crippen LogP contribution in [0.3, 0.4) is 0 Å². The number of aliphatic hydroxyl groups excluding tert-OH is 1. The van der Waals surface area contributed by atoms with E-state index in [1.807, 2.05) is 12.1 Å². The summed E-state index contributed by atoms with van der Waals surface area (Å²) < 4.78 is 13.0. The average molecular weight is 462 g/mol. The van der Waals surface area contributed by atoms with E-state index in [9.17, 15) is 14.3 Å². The first kappa shape index (κ1) is 23.0. The lowest BCUT2D eigenvalue weighted by Crippen LogP contribution is -2.57. The zero-order valence-electron chi connectivity index (χ0n) is 18.1. The molecule has 0 bridgehead atoms. The van der Waals surface area contributed by atoms with Crippen molar-refractivity contribution in [1.29, 1.82) is 0 Å². The Kier molecular flexibility index (Phi) is 7.35. The van der Waals surface area contributed by atoms with Crippen molar-refractivity contribution >= 4 is 23.7 Å². The van der Waals surface area contributed by atoms with Gasteiger partial charge < -0.3 is 14.8 Å². The fraction of sp³-hybridized carbons (Fsp3) is 0.522. The average Bonchev–Trinajstić information content (AvgIpc) is 3.11. The molecule has 1 aliphatic heterocycles. The van der Waals surface area contributed by atoms with Gasteiger partial charge in [0.2, 0.25) is 0 Å². The van der Waals surface area contributed by atoms with Crippen molar-refractivity contribution in [3.8, 4) is 0 Å². The molecule has 1 aromatic carbocycles. The number of aromatic nitrogens is 2. The van der Waals surface area contributed by atoms with Crippen molar-refractivity contribution in [2.75, 3.05) is 44.3 Å². The number of anilines is 1. The summed E-state index contributed by atoms with van der Waals surface area (Å²) >= 11 is 6.01. The molecule has 1 aliphatic carbocycles. The molecule has 32 heavy (non-hydrogen) atoms. The van der Waals surface area contributed by atoms with Crippen molar-refractivity contribution in [2.24, 2.45) is 0 Å². The first-order valence-electron chi connectivity index (χ1n) is 11.1. The number of aliphatic hydroxyl groups is 1. The summed E-state index contributed by atoms with van der Waals surface area (Å²) in [6.07, 6.45) is 2.26. The summed E-state index contributed by atoms with van der Waals surface area (Å²) in [5.74, 6) is 0.651. The van der Waals surface area contributed by atoms with Crippen molar-refractivity contribution in [2.45, 2.75) is 37.5 Å². The zero-order chi connectivity index (χ0) is 22.7. The predicted molar refractivity (Wildman–Crippen MR) is 122 cm³/mol. The van der Waals surface area contributed by atoms with E-state index >= 15 is 0 Å². The van der Waals surface area contributed by atoms with Crippen molar-refractivity contribution in [1.82, 2.24) is 20.2 Å². The van der Waals surface area contributed by atoms with Crippen LogP contribution in [0.15, 0.2) is 30.6 Å². The van der Waals surface area contributed by atoms with Crippen molar-refractivity contribution in [3.05, 3.63) is 52.4 Å². The number of alkyl halides is 1. The number of nitrogens with zero attached hydrogens (tertiary/aromatic N) is 4. The maximum absolute atomic E-state index is 13.0. The SMILES string of the molecule is C[C@@H]1C[C@@H](O)c2ncnc(N3CCN(C(NCCF)C(C=O)c4ccc(Cl)cc4)CC3)c21. The Balaban J connectivity index is 1.51. The van der Waals surface area contributed by atoms with Crippen LogP contribution < -0.4 is 10.2 Å². The second kappa shape index (κ2) is 10.2. The molecule has 0 saturated carbocycles. The van der Waals surface area contributed by atoms with Gasteiger partial charge >= 0.3 is 0 Å². The second-order valence-electron chi connectivity index (χ2n) is 8.47. The lowest BCUT2D eigenvalue weighted by Gasteiger charge is -2.42. The van der Waals surface area contributed by atoms with Crippen molar-refractivity contribution in [3.63, 3.8) is 0 Å². The van der Waals surface area contributed by atoms with Gasteiger partial charge in [0.25, 0.3) is 0 Å². The first-order chi connectivity index (χ1) is 15.5. The highest BCUT2D eigenvalue weighted by molar-refractivity contribution is 6.30. The lowest BCUT2D eigenvalue weighted by molar-refractivity contribution is -0.111. The fourth-order valence-corrected chi connectivity index (χ4v) is 5.00. The van der Waals surface area contributed by atoms with E-state index in [1.54, 1.807) is 12.1 Å². The Morgan fingerprint density at radius 1 is 1.25 bits per heavy atom. The molecule has 1 fully saturated rings. The van der Waals surface area contributed by atoms with Gasteiger partial charge in [-0.2, -0.15) is 0 Å². The van der Waals surface area contributed by atoms with E-state index in [4.69, 9.17) is 11.6 Å². The molecule has 1 saturated heterocycles. The molecule has 0 spiro atoms. The van der Waals surface area contributed by atoms with E-state index in [-0.39, 0.29) is 18.6 Å². The Morgan fingerprint density at radius 3 is 2.62 bits per heavy atom. The predicted octanol–water partition coefficient (Wildman–Crippen LogP) is 2.66. The smallest absolute Gasteiger partial charge is 0.135 e. The number of piperazine rings is 1. The molecule has 0 amide bonds. The van der Waals surface area contributed by atoms with Gasteiger partial charge in [-0.15, -0.1) is 0 Å². The van der Waals surface area contributed by atoms with Crippen LogP contribution in [0.4, 0.5) is 10.2 Å². The number of nitrogens with one attached hydrogen (secondary N) is 1. The van der Waals surface area contributed by atoms with Gasteiger partial charge in [-0.05, 0) is 30.0 Å². The van der Waals surface area contributed by atoms with Crippen LogP contribution in [0.2, 0.25) is 5.02 Å². The highest BCUT2D eigenvalue weighted by Gasteiger charge is 2.35. The van der Waals surface area contributed by atoms with E-state index in [0.29, 0.717) is 37.6 Å². The normalized spacial score (nSPS) is 23.1. The molecule has 4 atom stereocenters. The van der Waals surface area contributed by atoms with Crippen molar-refractivity contribution < 1.29 is 14.3 Å². The van der Waals surface area contributed by atoms with Crippen LogP contribution >= 0.6 is 11.6 Å². The van der Waals surface area contributed by atoms with Gasteiger partial charge in [0.1, 0.15) is 25.1 Å². The molecule has 4 rings (SSSR count). The number of aldehydes is 1. The quantitative estimate of drug-likeness (QED) is 0.585. The van der Waals surface area contributed by atoms with Crippen LogP contribution in [-0.4, -0.2) is 71.8 Å². The third kappa shape index (κ3) is 4.64. The van der Waals surface area contributed by atoms with E-state index < -0.39 is 18.7 Å². The van der Waals surface area contributed by atoms with Crippen LogP contribution in [0, 0.1) is 0 Å². The van der Waals surface area contributed by atoms with Gasteiger partial charge in [0.15, 0.2) is 0 Å². The molecular weight excluding hydrogens is 433 g/mol. The second-order valence-corrected chi connectivity index (χ2v) is 8.91. The van der Waals surface area contributed by atoms with E-state index in [0.717, 1.165) is 28.9 Å². The molecule has 172 valence electrons. The topological polar surface area (TPSA) is 81.6 Å². The maximum atomic E-state index is 13.0. The van der Waals surface area contributed by atoms with Crippen LogP contribution in [0.1, 0.15) is 48.1 Å². The highest BCUT2D eigenvalue weighted by atomic mass is 35.5. The molecular formula is C23H29ClFN5O2. The summed E-state index contributed by atoms with van der Waals surface area (Å²) in [5, 5.41) is 14.1. The summed E-state index contributed by atoms with van der Waals surface area (Å²) in [5.41, 5.74) is 2.61. The van der Waals surface area contributed by atoms with Gasteiger partial charge in [-0.3, -0.25) is 10.2 Å². The molecule has 2 unspecified atom stereocenters. The molecule has 7 nitrogen and oxygen atoms in total. The largest absolute Gasteiger partial charge is 0.387 e. The third-order valence-corrected chi connectivity index (χ3v) is 6.73. The van der Waals surface area contributed by atoms with Gasteiger partial charge in [-0.25, -0.2) is 14.4 Å². The number of carbonyl (C=O) groups is 1. The lowest BCUT2D eigenvalue weighted by atomic mass is 9.95. The number of halogens is 2. The maximum Gasteiger partial charge on any atom is 0.135 e. The van der Waals surface area contributed by atoms with Crippen LogP contribution in [0.25, 0.3) is 0 Å². The molecule has 2 aromatic rings. The van der Waals surface area contributed by atoms with E-state index in [1.165, 1.54) is 6.33 Å². The molecule has 2 aliphatic rings. The fourth-order valence-electron chi connectivity index (χ4n) is 4.87. The Labute approximate surface area is 192 Å². The molecule has 0 radical (unpaired) electrons. The number of hydrogen-bond donors (Lipinski definition) is 2. The number of fused-ring (bicyclic) bond motifs is 1. The Hall–Kier alpha value is -2.13.